The van der Waals surface area contributed by atoms with Crippen LogP contribution >= 0.6 is 27.7 Å². The zero-order valence-electron chi connectivity index (χ0n) is 8.73. The number of hydrogen-bond acceptors (Lipinski definition) is 3. The number of carboxylic acids is 1. The molecule has 0 aromatic rings. The third-order valence-electron chi connectivity index (χ3n) is 2.76. The van der Waals surface area contributed by atoms with Crippen molar-refractivity contribution in [3.8, 4) is 0 Å². The Kier molecular flexibility index (Phi) is 2.69. The summed E-state index contributed by atoms with van der Waals surface area (Å²) in [6.07, 6.45) is 0. The highest BCUT2D eigenvalue weighted by molar-refractivity contribution is 9.11. The van der Waals surface area contributed by atoms with E-state index < -0.39 is 16.8 Å². The summed E-state index contributed by atoms with van der Waals surface area (Å²) in [7, 11) is 0. The van der Waals surface area contributed by atoms with Crippen LogP contribution in [0.2, 0.25) is 0 Å². The number of rotatable bonds is 1. The summed E-state index contributed by atoms with van der Waals surface area (Å²) in [4.78, 5) is 25.8. The fourth-order valence-electron chi connectivity index (χ4n) is 2.09. The van der Waals surface area contributed by atoms with Crippen LogP contribution in [0, 0.1) is 0 Å². The molecule has 0 aromatic heterocycles. The van der Waals surface area contributed by atoms with Crippen LogP contribution in [0.5, 0.6) is 0 Å². The van der Waals surface area contributed by atoms with Crippen LogP contribution in [-0.4, -0.2) is 38.0 Å². The van der Waals surface area contributed by atoms with Gasteiger partial charge < -0.3 is 10.0 Å². The molecule has 0 radical (unpaired) electrons. The number of carbonyl (C=O) groups excluding carboxylic acids is 1. The SMILES string of the molecule is CC1(C)S[C@@H]2C(=C=CBr)C(=O)N2[C@H]1C(=O)O. The third-order valence-corrected chi connectivity index (χ3v) is 4.51. The van der Waals surface area contributed by atoms with E-state index in [0.29, 0.717) is 5.57 Å². The molecule has 0 spiro atoms. The van der Waals surface area contributed by atoms with E-state index in [0.717, 1.165) is 0 Å². The second kappa shape index (κ2) is 3.65. The molecule has 4 nitrogen and oxygen atoms in total. The monoisotopic (exact) mass is 303 g/mol. The predicted octanol–water partition coefficient (Wildman–Crippen LogP) is 1.57. The lowest BCUT2D eigenvalue weighted by atomic mass is 9.96. The molecule has 2 heterocycles. The van der Waals surface area contributed by atoms with Crippen molar-refractivity contribution in [1.82, 2.24) is 4.90 Å². The summed E-state index contributed by atoms with van der Waals surface area (Å²) in [5.41, 5.74) is 3.34. The molecule has 0 unspecified atom stereocenters. The van der Waals surface area contributed by atoms with E-state index in [1.54, 1.807) is 0 Å². The van der Waals surface area contributed by atoms with Crippen LogP contribution in [0.15, 0.2) is 16.3 Å². The second-order valence-electron chi connectivity index (χ2n) is 4.19. The second-order valence-corrected chi connectivity index (χ2v) is 6.39. The highest BCUT2D eigenvalue weighted by Crippen LogP contribution is 2.52. The molecular formula is C10H10BrNO3S. The van der Waals surface area contributed by atoms with E-state index in [2.05, 4.69) is 21.7 Å². The molecule has 2 aliphatic heterocycles. The van der Waals surface area contributed by atoms with Gasteiger partial charge in [-0.25, -0.2) is 4.79 Å². The molecule has 0 bridgehead atoms. The zero-order chi connectivity index (χ0) is 12.1. The van der Waals surface area contributed by atoms with Gasteiger partial charge in [-0.2, -0.15) is 0 Å². The Morgan fingerprint density at radius 1 is 1.69 bits per heavy atom. The molecule has 1 N–H and O–H groups in total. The Balaban J connectivity index is 2.39. The van der Waals surface area contributed by atoms with E-state index >= 15 is 0 Å². The smallest absolute Gasteiger partial charge is 0.327 e. The minimum Gasteiger partial charge on any atom is -0.480 e. The Bertz CT molecular complexity index is 439. The molecule has 2 aliphatic rings. The molecule has 0 aliphatic carbocycles. The number of carbonyl (C=O) groups is 2. The molecule has 1 amide bonds. The number of amides is 1. The average Bonchev–Trinajstić information content (AvgIpc) is 2.43. The molecule has 0 aromatic carbocycles. The average molecular weight is 304 g/mol. The fourth-order valence-corrected chi connectivity index (χ4v) is 3.87. The fraction of sp³-hybridized carbons (Fsp3) is 0.500. The molecule has 0 saturated carbocycles. The molecule has 2 atom stereocenters. The van der Waals surface area contributed by atoms with Gasteiger partial charge in [0.2, 0.25) is 0 Å². The largest absolute Gasteiger partial charge is 0.480 e. The van der Waals surface area contributed by atoms with Gasteiger partial charge in [0.15, 0.2) is 0 Å². The number of β-lactam (4-membered cyclic amide) rings is 1. The Labute approximate surface area is 106 Å². The maximum absolute atomic E-state index is 11.7. The zero-order valence-corrected chi connectivity index (χ0v) is 11.1. The summed E-state index contributed by atoms with van der Waals surface area (Å²) in [6, 6.07) is -0.754. The van der Waals surface area contributed by atoms with Crippen LogP contribution in [0.3, 0.4) is 0 Å². The van der Waals surface area contributed by atoms with Gasteiger partial charge in [-0.05, 0) is 13.8 Å². The molecule has 2 saturated heterocycles. The summed E-state index contributed by atoms with van der Waals surface area (Å²) < 4.78 is -0.470. The number of carboxylic acid groups (broad SMARTS) is 1. The third kappa shape index (κ3) is 1.44. The van der Waals surface area contributed by atoms with Gasteiger partial charge in [-0.1, -0.05) is 15.9 Å². The lowest BCUT2D eigenvalue weighted by molar-refractivity contribution is -0.152. The molecule has 16 heavy (non-hydrogen) atoms. The molecule has 6 heteroatoms. The van der Waals surface area contributed by atoms with Crippen LogP contribution in [0.25, 0.3) is 0 Å². The number of thioether (sulfide) groups is 1. The van der Waals surface area contributed by atoms with Gasteiger partial charge in [0.1, 0.15) is 11.4 Å². The van der Waals surface area contributed by atoms with E-state index in [9.17, 15) is 9.59 Å². The number of nitrogens with zero attached hydrogens (tertiary/aromatic N) is 1. The van der Waals surface area contributed by atoms with Crippen molar-refractivity contribution in [2.24, 2.45) is 0 Å². The standard InChI is InChI=1S/C10H10BrNO3S/c1-10(2)6(9(14)15)12-7(13)5(3-4-11)8(12)16-10/h4,6,8H,1-2H3,(H,14,15)/t3?,6-,8+/m0/s1. The Morgan fingerprint density at radius 3 is 2.81 bits per heavy atom. The first-order valence-electron chi connectivity index (χ1n) is 4.68. The van der Waals surface area contributed by atoms with Gasteiger partial charge in [0, 0.05) is 9.73 Å². The summed E-state index contributed by atoms with van der Waals surface area (Å²) in [6.45, 7) is 3.69. The number of halogens is 1. The summed E-state index contributed by atoms with van der Waals surface area (Å²) in [5.74, 6) is -1.18. The summed E-state index contributed by atoms with van der Waals surface area (Å²) >= 11 is 4.56. The van der Waals surface area contributed by atoms with Crippen molar-refractivity contribution in [2.45, 2.75) is 30.0 Å². The first-order chi connectivity index (χ1) is 7.40. The van der Waals surface area contributed by atoms with E-state index in [1.807, 2.05) is 13.8 Å². The van der Waals surface area contributed by atoms with Crippen molar-refractivity contribution < 1.29 is 14.7 Å². The van der Waals surface area contributed by atoms with Crippen LogP contribution in [0.1, 0.15) is 13.8 Å². The van der Waals surface area contributed by atoms with Gasteiger partial charge >= 0.3 is 5.97 Å². The Hall–Kier alpha value is -0.710. The van der Waals surface area contributed by atoms with Crippen molar-refractivity contribution >= 4 is 39.6 Å². The molecular weight excluding hydrogens is 294 g/mol. The number of hydrogen-bond donors (Lipinski definition) is 1. The van der Waals surface area contributed by atoms with Crippen LogP contribution in [0.4, 0.5) is 0 Å². The predicted molar refractivity (Wildman–Crippen MR) is 64.3 cm³/mol. The van der Waals surface area contributed by atoms with Crippen molar-refractivity contribution in [2.75, 3.05) is 0 Å². The number of fused-ring (bicyclic) bond motifs is 1. The quantitative estimate of drug-likeness (QED) is 0.454. The lowest BCUT2D eigenvalue weighted by Crippen LogP contribution is -2.58. The van der Waals surface area contributed by atoms with E-state index in [-0.39, 0.29) is 11.3 Å². The van der Waals surface area contributed by atoms with Crippen molar-refractivity contribution in [3.63, 3.8) is 0 Å². The topological polar surface area (TPSA) is 57.6 Å². The van der Waals surface area contributed by atoms with Crippen LogP contribution < -0.4 is 0 Å². The first kappa shape index (κ1) is 11.8. The maximum Gasteiger partial charge on any atom is 0.327 e. The van der Waals surface area contributed by atoms with Gasteiger partial charge in [0.05, 0.1) is 5.57 Å². The lowest BCUT2D eigenvalue weighted by Gasteiger charge is -2.37. The van der Waals surface area contributed by atoms with Crippen molar-refractivity contribution in [1.29, 1.82) is 0 Å². The number of aliphatic carboxylic acids is 1. The summed E-state index contributed by atoms with van der Waals surface area (Å²) in [5, 5.41) is 8.98. The van der Waals surface area contributed by atoms with Gasteiger partial charge in [-0.15, -0.1) is 17.5 Å². The Morgan fingerprint density at radius 2 is 2.31 bits per heavy atom. The van der Waals surface area contributed by atoms with E-state index in [1.165, 1.54) is 21.6 Å². The van der Waals surface area contributed by atoms with Gasteiger partial charge in [-0.3, -0.25) is 4.79 Å². The van der Waals surface area contributed by atoms with Crippen molar-refractivity contribution in [3.05, 3.63) is 16.3 Å². The minimum atomic E-state index is -0.949. The highest BCUT2D eigenvalue weighted by atomic mass is 79.9. The molecule has 2 rings (SSSR count). The molecule has 86 valence electrons. The van der Waals surface area contributed by atoms with Gasteiger partial charge in [0.25, 0.3) is 5.91 Å². The molecule has 2 fully saturated rings. The first-order valence-corrected chi connectivity index (χ1v) is 6.48. The minimum absolute atomic E-state index is 0.169. The highest BCUT2D eigenvalue weighted by Gasteiger charge is 2.61. The normalized spacial score (nSPS) is 30.6. The van der Waals surface area contributed by atoms with Crippen LogP contribution in [-0.2, 0) is 9.59 Å². The van der Waals surface area contributed by atoms with E-state index in [4.69, 9.17) is 5.11 Å². The maximum atomic E-state index is 11.7.